The summed E-state index contributed by atoms with van der Waals surface area (Å²) in [4.78, 5) is 0. The van der Waals surface area contributed by atoms with Gasteiger partial charge in [0.05, 0.1) is 6.04 Å². The first kappa shape index (κ1) is 11.1. The standard InChI is InChI=1S/C13H16IN/c14-12-8-6-11(7-9-12)13(15)10-4-2-1-3-5-10/h4,6-9,13H,1-3,5,15H2. The van der Waals surface area contributed by atoms with Gasteiger partial charge in [-0.15, -0.1) is 0 Å². The van der Waals surface area contributed by atoms with E-state index >= 15 is 0 Å². The molecule has 80 valence electrons. The van der Waals surface area contributed by atoms with Crippen molar-refractivity contribution in [2.45, 2.75) is 31.7 Å². The zero-order valence-corrected chi connectivity index (χ0v) is 10.9. The summed E-state index contributed by atoms with van der Waals surface area (Å²) in [6, 6.07) is 8.64. The molecule has 0 spiro atoms. The minimum absolute atomic E-state index is 0.113. The molecule has 1 aromatic rings. The first-order chi connectivity index (χ1) is 7.27. The summed E-state index contributed by atoms with van der Waals surface area (Å²) < 4.78 is 1.26. The summed E-state index contributed by atoms with van der Waals surface area (Å²) in [7, 11) is 0. The van der Waals surface area contributed by atoms with Crippen LogP contribution in [-0.2, 0) is 0 Å². The monoisotopic (exact) mass is 313 g/mol. The first-order valence-corrected chi connectivity index (χ1v) is 6.55. The van der Waals surface area contributed by atoms with Crippen LogP contribution in [0.4, 0.5) is 0 Å². The van der Waals surface area contributed by atoms with Crippen LogP contribution in [0.1, 0.15) is 37.3 Å². The Balaban J connectivity index is 2.16. The Hall–Kier alpha value is -0.350. The highest BCUT2D eigenvalue weighted by Gasteiger charge is 2.13. The summed E-state index contributed by atoms with van der Waals surface area (Å²) in [5.41, 5.74) is 8.91. The van der Waals surface area contributed by atoms with E-state index < -0.39 is 0 Å². The number of hydrogen-bond acceptors (Lipinski definition) is 1. The van der Waals surface area contributed by atoms with Crippen LogP contribution in [0, 0.1) is 3.57 Å². The van der Waals surface area contributed by atoms with Crippen LogP contribution >= 0.6 is 22.6 Å². The maximum Gasteiger partial charge on any atom is 0.0510 e. The van der Waals surface area contributed by atoms with Gasteiger partial charge in [0.25, 0.3) is 0 Å². The average molecular weight is 313 g/mol. The fourth-order valence-corrected chi connectivity index (χ4v) is 2.39. The van der Waals surface area contributed by atoms with Crippen molar-refractivity contribution in [3.8, 4) is 0 Å². The van der Waals surface area contributed by atoms with E-state index in [-0.39, 0.29) is 6.04 Å². The fraction of sp³-hybridized carbons (Fsp3) is 0.385. The van der Waals surface area contributed by atoms with Gasteiger partial charge in [0.2, 0.25) is 0 Å². The van der Waals surface area contributed by atoms with Crippen LogP contribution < -0.4 is 5.73 Å². The second kappa shape index (κ2) is 5.12. The van der Waals surface area contributed by atoms with Gasteiger partial charge in [0.1, 0.15) is 0 Å². The Morgan fingerprint density at radius 1 is 1.13 bits per heavy atom. The summed E-state index contributed by atoms with van der Waals surface area (Å²) >= 11 is 2.32. The lowest BCUT2D eigenvalue weighted by atomic mass is 9.90. The number of nitrogens with two attached hydrogens (primary N) is 1. The number of allylic oxidation sites excluding steroid dienone is 1. The zero-order valence-electron chi connectivity index (χ0n) is 8.75. The van der Waals surface area contributed by atoms with Gasteiger partial charge in [-0.3, -0.25) is 0 Å². The Morgan fingerprint density at radius 3 is 2.47 bits per heavy atom. The quantitative estimate of drug-likeness (QED) is 0.652. The third-order valence-corrected chi connectivity index (χ3v) is 3.67. The van der Waals surface area contributed by atoms with E-state index in [1.807, 2.05) is 0 Å². The Kier molecular flexibility index (Phi) is 3.81. The molecule has 2 heteroatoms. The maximum atomic E-state index is 6.25. The van der Waals surface area contributed by atoms with E-state index in [2.05, 4.69) is 52.9 Å². The van der Waals surface area contributed by atoms with E-state index in [9.17, 15) is 0 Å². The third-order valence-electron chi connectivity index (χ3n) is 2.95. The van der Waals surface area contributed by atoms with Gasteiger partial charge >= 0.3 is 0 Å². The largest absolute Gasteiger partial charge is 0.321 e. The lowest BCUT2D eigenvalue weighted by molar-refractivity contribution is 0.648. The Morgan fingerprint density at radius 2 is 1.87 bits per heavy atom. The van der Waals surface area contributed by atoms with Crippen molar-refractivity contribution in [3.63, 3.8) is 0 Å². The number of benzene rings is 1. The van der Waals surface area contributed by atoms with Crippen LogP contribution in [0.2, 0.25) is 0 Å². The van der Waals surface area contributed by atoms with Crippen molar-refractivity contribution in [2.75, 3.05) is 0 Å². The molecule has 1 unspecified atom stereocenters. The molecule has 15 heavy (non-hydrogen) atoms. The van der Waals surface area contributed by atoms with Crippen LogP contribution in [-0.4, -0.2) is 0 Å². The van der Waals surface area contributed by atoms with Gasteiger partial charge in [-0.1, -0.05) is 23.8 Å². The number of rotatable bonds is 2. The van der Waals surface area contributed by atoms with Gasteiger partial charge in [0, 0.05) is 3.57 Å². The molecule has 1 aromatic carbocycles. The van der Waals surface area contributed by atoms with Crippen molar-refractivity contribution >= 4 is 22.6 Å². The Labute approximate surface area is 105 Å². The highest BCUT2D eigenvalue weighted by molar-refractivity contribution is 14.1. The molecular weight excluding hydrogens is 297 g/mol. The van der Waals surface area contributed by atoms with Crippen molar-refractivity contribution in [2.24, 2.45) is 5.73 Å². The van der Waals surface area contributed by atoms with Crippen LogP contribution in [0.25, 0.3) is 0 Å². The Bertz CT molecular complexity index is 353. The van der Waals surface area contributed by atoms with Gasteiger partial charge in [0.15, 0.2) is 0 Å². The molecule has 1 nitrogen and oxygen atoms in total. The van der Waals surface area contributed by atoms with Crippen molar-refractivity contribution in [1.29, 1.82) is 0 Å². The molecule has 0 heterocycles. The molecule has 0 saturated heterocycles. The highest BCUT2D eigenvalue weighted by Crippen LogP contribution is 2.28. The highest BCUT2D eigenvalue weighted by atomic mass is 127. The molecule has 0 saturated carbocycles. The van der Waals surface area contributed by atoms with Crippen LogP contribution in [0.5, 0.6) is 0 Å². The molecule has 0 fully saturated rings. The predicted octanol–water partition coefficient (Wildman–Crippen LogP) is 3.79. The SMILES string of the molecule is NC(C1=CCCCC1)c1ccc(I)cc1. The van der Waals surface area contributed by atoms with E-state index in [4.69, 9.17) is 5.73 Å². The molecular formula is C13H16IN. The molecule has 0 radical (unpaired) electrons. The van der Waals surface area contributed by atoms with Crippen LogP contribution in [0.3, 0.4) is 0 Å². The van der Waals surface area contributed by atoms with E-state index in [0.717, 1.165) is 0 Å². The van der Waals surface area contributed by atoms with E-state index in [1.165, 1.54) is 40.4 Å². The van der Waals surface area contributed by atoms with E-state index in [0.29, 0.717) is 0 Å². The molecule has 1 aliphatic rings. The molecule has 0 aliphatic heterocycles. The fourth-order valence-electron chi connectivity index (χ4n) is 2.03. The summed E-state index contributed by atoms with van der Waals surface area (Å²) in [6.45, 7) is 0. The normalized spacial score (nSPS) is 18.4. The molecule has 2 N–H and O–H groups in total. The lowest BCUT2D eigenvalue weighted by Crippen LogP contribution is -2.14. The third kappa shape index (κ3) is 2.82. The molecule has 1 atom stereocenters. The number of hydrogen-bond donors (Lipinski definition) is 1. The minimum atomic E-state index is 0.113. The van der Waals surface area contributed by atoms with E-state index in [1.54, 1.807) is 0 Å². The smallest absolute Gasteiger partial charge is 0.0510 e. The van der Waals surface area contributed by atoms with Gasteiger partial charge in [-0.05, 0) is 66.0 Å². The molecule has 2 rings (SSSR count). The second-order valence-corrected chi connectivity index (χ2v) is 5.30. The van der Waals surface area contributed by atoms with Gasteiger partial charge in [-0.25, -0.2) is 0 Å². The molecule has 0 bridgehead atoms. The van der Waals surface area contributed by atoms with Gasteiger partial charge < -0.3 is 5.73 Å². The summed E-state index contributed by atoms with van der Waals surface area (Å²) in [5.74, 6) is 0. The van der Waals surface area contributed by atoms with Crippen molar-refractivity contribution in [1.82, 2.24) is 0 Å². The van der Waals surface area contributed by atoms with Gasteiger partial charge in [-0.2, -0.15) is 0 Å². The summed E-state index contributed by atoms with van der Waals surface area (Å²) in [5, 5.41) is 0. The molecule has 0 aromatic heterocycles. The van der Waals surface area contributed by atoms with Crippen molar-refractivity contribution < 1.29 is 0 Å². The lowest BCUT2D eigenvalue weighted by Gasteiger charge is -2.19. The molecule has 0 amide bonds. The maximum absolute atomic E-state index is 6.25. The number of halogens is 1. The predicted molar refractivity (Wildman–Crippen MR) is 72.6 cm³/mol. The summed E-state index contributed by atoms with van der Waals surface area (Å²) in [6.07, 6.45) is 7.32. The zero-order chi connectivity index (χ0) is 10.7. The van der Waals surface area contributed by atoms with Crippen LogP contribution in [0.15, 0.2) is 35.9 Å². The first-order valence-electron chi connectivity index (χ1n) is 5.47. The average Bonchev–Trinajstić information content (AvgIpc) is 2.30. The minimum Gasteiger partial charge on any atom is -0.321 e. The second-order valence-electron chi connectivity index (χ2n) is 4.05. The molecule has 1 aliphatic carbocycles. The van der Waals surface area contributed by atoms with Crippen molar-refractivity contribution in [3.05, 3.63) is 45.0 Å². The topological polar surface area (TPSA) is 26.0 Å².